The van der Waals surface area contributed by atoms with Gasteiger partial charge in [0.1, 0.15) is 5.75 Å². The third kappa shape index (κ3) is 4.69. The van der Waals surface area contributed by atoms with Crippen molar-refractivity contribution in [1.82, 2.24) is 5.32 Å². The van der Waals surface area contributed by atoms with Crippen LogP contribution in [0.15, 0.2) is 40.9 Å². The zero-order chi connectivity index (χ0) is 17.0. The summed E-state index contributed by atoms with van der Waals surface area (Å²) in [7, 11) is 1.66. The second kappa shape index (κ2) is 7.79. The van der Waals surface area contributed by atoms with Crippen LogP contribution in [0.4, 0.5) is 5.69 Å². The maximum atomic E-state index is 5.41. The Morgan fingerprint density at radius 3 is 2.48 bits per heavy atom. The molecule has 0 fully saturated rings. The van der Waals surface area contributed by atoms with Gasteiger partial charge in [0.05, 0.1) is 17.6 Å². The quantitative estimate of drug-likeness (QED) is 0.707. The number of anilines is 1. The van der Waals surface area contributed by atoms with Gasteiger partial charge in [-0.3, -0.25) is 0 Å². The lowest BCUT2D eigenvalue weighted by Gasteiger charge is -2.18. The predicted molar refractivity (Wildman–Crippen MR) is 104 cm³/mol. The third-order valence-corrected chi connectivity index (χ3v) is 4.63. The fraction of sp³-hybridized carbons (Fsp3) is 0.278. The van der Waals surface area contributed by atoms with Gasteiger partial charge in [-0.05, 0) is 89.9 Å². The summed E-state index contributed by atoms with van der Waals surface area (Å²) in [5, 5.41) is 7.14. The van der Waals surface area contributed by atoms with Gasteiger partial charge in [-0.1, -0.05) is 12.1 Å². The summed E-state index contributed by atoms with van der Waals surface area (Å²) in [4.78, 5) is 0. The Balaban J connectivity index is 2.01. The molecular formula is C18H21BrN2OS. The fourth-order valence-electron chi connectivity index (χ4n) is 2.22. The molecule has 0 bridgehead atoms. The van der Waals surface area contributed by atoms with Crippen LogP contribution >= 0.6 is 28.1 Å². The lowest BCUT2D eigenvalue weighted by Crippen LogP contribution is -2.30. The van der Waals surface area contributed by atoms with E-state index < -0.39 is 0 Å². The minimum atomic E-state index is 0.0868. The van der Waals surface area contributed by atoms with Crippen molar-refractivity contribution in [3.05, 3.63) is 57.6 Å². The molecule has 0 unspecified atom stereocenters. The van der Waals surface area contributed by atoms with E-state index in [4.69, 9.17) is 17.0 Å². The Kier molecular flexibility index (Phi) is 6.02. The number of thiocarbonyl (C=S) groups is 1. The van der Waals surface area contributed by atoms with Crippen LogP contribution in [0.5, 0.6) is 5.75 Å². The number of nitrogens with one attached hydrogen (secondary N) is 2. The van der Waals surface area contributed by atoms with Gasteiger partial charge in [-0.15, -0.1) is 0 Å². The van der Waals surface area contributed by atoms with Crippen molar-refractivity contribution in [2.45, 2.75) is 26.8 Å². The number of hydrogen-bond donors (Lipinski definition) is 2. The van der Waals surface area contributed by atoms with E-state index in [1.165, 1.54) is 11.1 Å². The van der Waals surface area contributed by atoms with Gasteiger partial charge < -0.3 is 15.4 Å². The molecule has 0 spiro atoms. The number of rotatable bonds is 4. The van der Waals surface area contributed by atoms with Gasteiger partial charge in [-0.25, -0.2) is 0 Å². The molecule has 2 rings (SSSR count). The Bertz CT molecular complexity index is 718. The summed E-state index contributed by atoms with van der Waals surface area (Å²) >= 11 is 8.92. The van der Waals surface area contributed by atoms with E-state index in [0.29, 0.717) is 5.11 Å². The molecule has 0 aromatic heterocycles. The molecule has 3 nitrogen and oxygen atoms in total. The van der Waals surface area contributed by atoms with Crippen molar-refractivity contribution in [3.63, 3.8) is 0 Å². The summed E-state index contributed by atoms with van der Waals surface area (Å²) in [6.07, 6.45) is 0. The lowest BCUT2D eigenvalue weighted by atomic mass is 10.1. The number of aryl methyl sites for hydroxylation is 2. The van der Waals surface area contributed by atoms with Crippen molar-refractivity contribution < 1.29 is 4.74 Å². The summed E-state index contributed by atoms with van der Waals surface area (Å²) in [5.41, 5.74) is 4.63. The fourth-order valence-corrected chi connectivity index (χ4v) is 3.07. The molecule has 0 radical (unpaired) electrons. The number of halogens is 1. The van der Waals surface area contributed by atoms with Crippen LogP contribution in [0, 0.1) is 13.8 Å². The van der Waals surface area contributed by atoms with Gasteiger partial charge in [0.2, 0.25) is 0 Å². The second-order valence-corrected chi connectivity index (χ2v) is 6.78. The summed E-state index contributed by atoms with van der Waals surface area (Å²) in [6, 6.07) is 12.3. The first-order chi connectivity index (χ1) is 10.9. The van der Waals surface area contributed by atoms with Crippen LogP contribution in [0.3, 0.4) is 0 Å². The van der Waals surface area contributed by atoms with Crippen LogP contribution in [0.2, 0.25) is 0 Å². The molecule has 23 heavy (non-hydrogen) atoms. The number of methoxy groups -OCH3 is 1. The van der Waals surface area contributed by atoms with Gasteiger partial charge in [0.25, 0.3) is 0 Å². The average molecular weight is 393 g/mol. The van der Waals surface area contributed by atoms with Gasteiger partial charge in [0, 0.05) is 5.69 Å². The Hall–Kier alpha value is -1.59. The van der Waals surface area contributed by atoms with E-state index in [1.807, 2.05) is 24.3 Å². The highest BCUT2D eigenvalue weighted by atomic mass is 79.9. The first-order valence-electron chi connectivity index (χ1n) is 7.39. The van der Waals surface area contributed by atoms with Crippen molar-refractivity contribution >= 4 is 38.9 Å². The molecule has 0 saturated carbocycles. The van der Waals surface area contributed by atoms with E-state index >= 15 is 0 Å². The molecular weight excluding hydrogens is 372 g/mol. The Morgan fingerprint density at radius 2 is 1.87 bits per heavy atom. The number of benzene rings is 2. The topological polar surface area (TPSA) is 33.3 Å². The number of ether oxygens (including phenoxy) is 1. The molecule has 2 aromatic carbocycles. The SMILES string of the molecule is COc1ccc([C@H](C)NC(=S)Nc2ccc(C)c(C)c2)cc1Br. The number of hydrogen-bond acceptors (Lipinski definition) is 2. The normalized spacial score (nSPS) is 11.7. The lowest BCUT2D eigenvalue weighted by molar-refractivity contribution is 0.412. The zero-order valence-corrected chi connectivity index (χ0v) is 16.1. The molecule has 0 saturated heterocycles. The van der Waals surface area contributed by atoms with Gasteiger partial charge >= 0.3 is 0 Å². The van der Waals surface area contributed by atoms with E-state index in [-0.39, 0.29) is 6.04 Å². The predicted octanol–water partition coefficient (Wildman–Crippen LogP) is 5.12. The van der Waals surface area contributed by atoms with E-state index in [2.05, 4.69) is 59.5 Å². The largest absolute Gasteiger partial charge is 0.496 e. The first-order valence-corrected chi connectivity index (χ1v) is 8.59. The molecule has 0 amide bonds. The van der Waals surface area contributed by atoms with Crippen LogP contribution in [0.25, 0.3) is 0 Å². The van der Waals surface area contributed by atoms with Crippen LogP contribution in [0.1, 0.15) is 29.7 Å². The molecule has 0 aliphatic heterocycles. The average Bonchev–Trinajstić information content (AvgIpc) is 2.50. The van der Waals surface area contributed by atoms with Crippen LogP contribution < -0.4 is 15.4 Å². The smallest absolute Gasteiger partial charge is 0.171 e. The minimum Gasteiger partial charge on any atom is -0.496 e. The molecule has 2 aromatic rings. The Morgan fingerprint density at radius 1 is 1.13 bits per heavy atom. The highest BCUT2D eigenvalue weighted by Crippen LogP contribution is 2.28. The summed E-state index contributed by atoms with van der Waals surface area (Å²) < 4.78 is 6.19. The molecule has 0 aliphatic rings. The molecule has 0 aliphatic carbocycles. The van der Waals surface area contributed by atoms with Crippen molar-refractivity contribution in [3.8, 4) is 5.75 Å². The highest BCUT2D eigenvalue weighted by molar-refractivity contribution is 9.10. The zero-order valence-electron chi connectivity index (χ0n) is 13.7. The Labute approximate surface area is 151 Å². The van der Waals surface area contributed by atoms with Gasteiger partial charge in [0.15, 0.2) is 5.11 Å². The second-order valence-electron chi connectivity index (χ2n) is 5.51. The van der Waals surface area contributed by atoms with E-state index in [1.54, 1.807) is 7.11 Å². The van der Waals surface area contributed by atoms with Crippen molar-refractivity contribution in [2.24, 2.45) is 0 Å². The minimum absolute atomic E-state index is 0.0868. The van der Waals surface area contributed by atoms with Gasteiger partial charge in [-0.2, -0.15) is 0 Å². The maximum absolute atomic E-state index is 5.41. The summed E-state index contributed by atoms with van der Waals surface area (Å²) in [5.74, 6) is 0.816. The molecule has 5 heteroatoms. The standard InChI is InChI=1S/C18H21BrN2OS/c1-11-5-7-15(9-12(11)2)21-18(23)20-13(3)14-6-8-17(22-4)16(19)10-14/h5-10,13H,1-4H3,(H2,20,21,23)/t13-/m0/s1. The first kappa shape index (κ1) is 17.8. The highest BCUT2D eigenvalue weighted by Gasteiger charge is 2.10. The molecule has 2 N–H and O–H groups in total. The molecule has 122 valence electrons. The van der Waals surface area contributed by atoms with Crippen LogP contribution in [-0.4, -0.2) is 12.2 Å². The van der Waals surface area contributed by atoms with Crippen LogP contribution in [-0.2, 0) is 0 Å². The molecule has 1 atom stereocenters. The van der Waals surface area contributed by atoms with E-state index in [0.717, 1.165) is 21.5 Å². The van der Waals surface area contributed by atoms with Crippen molar-refractivity contribution in [1.29, 1.82) is 0 Å². The maximum Gasteiger partial charge on any atom is 0.171 e. The summed E-state index contributed by atoms with van der Waals surface area (Å²) in [6.45, 7) is 6.26. The monoisotopic (exact) mass is 392 g/mol. The molecule has 0 heterocycles. The third-order valence-electron chi connectivity index (χ3n) is 3.79. The van der Waals surface area contributed by atoms with Crippen molar-refractivity contribution in [2.75, 3.05) is 12.4 Å². The van der Waals surface area contributed by atoms with E-state index in [9.17, 15) is 0 Å².